The molecule has 0 radical (unpaired) electrons. The van der Waals surface area contributed by atoms with E-state index in [2.05, 4.69) is 41.4 Å². The molecule has 1 heterocycles. The SMILES string of the molecule is CSc1nnc(SCc2ccccc2C)s1. The molecule has 84 valence electrons. The third-order valence-electron chi connectivity index (χ3n) is 2.17. The van der Waals surface area contributed by atoms with Crippen LogP contribution in [0.2, 0.25) is 0 Å². The largest absolute Gasteiger partial charge is 0.175 e. The minimum atomic E-state index is 0.968. The van der Waals surface area contributed by atoms with Gasteiger partial charge in [-0.25, -0.2) is 0 Å². The van der Waals surface area contributed by atoms with Gasteiger partial charge in [-0.2, -0.15) is 0 Å². The van der Waals surface area contributed by atoms with E-state index in [1.165, 1.54) is 11.1 Å². The number of rotatable bonds is 4. The van der Waals surface area contributed by atoms with Crippen LogP contribution in [0.3, 0.4) is 0 Å². The van der Waals surface area contributed by atoms with Crippen LogP contribution < -0.4 is 0 Å². The van der Waals surface area contributed by atoms with Gasteiger partial charge in [-0.15, -0.1) is 10.2 Å². The summed E-state index contributed by atoms with van der Waals surface area (Å²) in [6.45, 7) is 2.14. The number of nitrogens with zero attached hydrogens (tertiary/aromatic N) is 2. The van der Waals surface area contributed by atoms with Gasteiger partial charge in [-0.3, -0.25) is 0 Å². The molecule has 5 heteroatoms. The van der Waals surface area contributed by atoms with Crippen molar-refractivity contribution in [2.75, 3.05) is 6.26 Å². The molecule has 0 aliphatic carbocycles. The molecule has 1 aromatic carbocycles. The van der Waals surface area contributed by atoms with Gasteiger partial charge in [-0.1, -0.05) is 59.1 Å². The fraction of sp³-hybridized carbons (Fsp3) is 0.273. The molecular formula is C11H12N2S3. The fourth-order valence-corrected chi connectivity index (χ4v) is 3.76. The Bertz CT molecular complexity index is 468. The highest BCUT2D eigenvalue weighted by Crippen LogP contribution is 2.30. The molecule has 16 heavy (non-hydrogen) atoms. The Balaban J connectivity index is 1.99. The first kappa shape index (κ1) is 12.0. The average molecular weight is 268 g/mol. The number of thioether (sulfide) groups is 2. The summed E-state index contributed by atoms with van der Waals surface area (Å²) in [5.41, 5.74) is 2.71. The maximum Gasteiger partial charge on any atom is 0.175 e. The topological polar surface area (TPSA) is 25.8 Å². The van der Waals surface area contributed by atoms with Crippen molar-refractivity contribution in [1.82, 2.24) is 10.2 Å². The van der Waals surface area contributed by atoms with Gasteiger partial charge in [0.1, 0.15) is 0 Å². The van der Waals surface area contributed by atoms with Crippen LogP contribution in [0.25, 0.3) is 0 Å². The number of benzene rings is 1. The van der Waals surface area contributed by atoms with Crippen molar-refractivity contribution in [1.29, 1.82) is 0 Å². The molecule has 0 saturated carbocycles. The second-order valence-corrected chi connectivity index (χ2v) is 6.51. The highest BCUT2D eigenvalue weighted by atomic mass is 32.2. The van der Waals surface area contributed by atoms with Crippen molar-refractivity contribution in [3.8, 4) is 0 Å². The lowest BCUT2D eigenvalue weighted by Gasteiger charge is -2.02. The Hall–Kier alpha value is -0.520. The first-order valence-electron chi connectivity index (χ1n) is 4.84. The Kier molecular flexibility index (Phi) is 4.26. The van der Waals surface area contributed by atoms with E-state index in [1.54, 1.807) is 34.9 Å². The average Bonchev–Trinajstić information content (AvgIpc) is 2.76. The smallest absolute Gasteiger partial charge is 0.131 e. The predicted molar refractivity (Wildman–Crippen MR) is 72.4 cm³/mol. The van der Waals surface area contributed by atoms with Crippen LogP contribution in [0.5, 0.6) is 0 Å². The summed E-state index contributed by atoms with van der Waals surface area (Å²) in [4.78, 5) is 0. The molecule has 1 aromatic heterocycles. The van der Waals surface area contributed by atoms with E-state index >= 15 is 0 Å². The maximum atomic E-state index is 4.14. The highest BCUT2D eigenvalue weighted by molar-refractivity contribution is 8.02. The summed E-state index contributed by atoms with van der Waals surface area (Å²) in [7, 11) is 0. The van der Waals surface area contributed by atoms with Crippen molar-refractivity contribution in [3.63, 3.8) is 0 Å². The molecule has 0 spiro atoms. The van der Waals surface area contributed by atoms with Gasteiger partial charge in [0.2, 0.25) is 0 Å². The molecular weight excluding hydrogens is 256 g/mol. The number of hydrogen-bond donors (Lipinski definition) is 0. The zero-order chi connectivity index (χ0) is 11.4. The zero-order valence-electron chi connectivity index (χ0n) is 9.14. The molecule has 0 aliphatic rings. The van der Waals surface area contributed by atoms with Crippen LogP contribution in [0, 0.1) is 6.92 Å². The Morgan fingerprint density at radius 2 is 1.94 bits per heavy atom. The van der Waals surface area contributed by atoms with Crippen LogP contribution >= 0.6 is 34.9 Å². The second-order valence-electron chi connectivity index (χ2n) is 3.25. The second kappa shape index (κ2) is 5.70. The van der Waals surface area contributed by atoms with Crippen molar-refractivity contribution in [2.45, 2.75) is 21.4 Å². The van der Waals surface area contributed by atoms with Crippen molar-refractivity contribution >= 4 is 34.9 Å². The summed E-state index contributed by atoms with van der Waals surface area (Å²) in [6, 6.07) is 8.46. The van der Waals surface area contributed by atoms with Gasteiger partial charge in [-0.05, 0) is 24.3 Å². The minimum Gasteiger partial charge on any atom is -0.131 e. The first-order valence-corrected chi connectivity index (χ1v) is 7.87. The van der Waals surface area contributed by atoms with Crippen molar-refractivity contribution < 1.29 is 0 Å². The molecule has 0 amide bonds. The van der Waals surface area contributed by atoms with E-state index in [1.807, 2.05) is 6.26 Å². The fourth-order valence-electron chi connectivity index (χ4n) is 1.25. The zero-order valence-corrected chi connectivity index (χ0v) is 11.6. The van der Waals surface area contributed by atoms with Crippen molar-refractivity contribution in [2.24, 2.45) is 0 Å². The molecule has 0 aliphatic heterocycles. The Morgan fingerprint density at radius 1 is 1.19 bits per heavy atom. The maximum absolute atomic E-state index is 4.14. The molecule has 0 fully saturated rings. The quantitative estimate of drug-likeness (QED) is 0.786. The lowest BCUT2D eigenvalue weighted by molar-refractivity contribution is 0.955. The number of aromatic nitrogens is 2. The van der Waals surface area contributed by atoms with Crippen LogP contribution in [-0.4, -0.2) is 16.5 Å². The first-order chi connectivity index (χ1) is 7.79. The van der Waals surface area contributed by atoms with Crippen molar-refractivity contribution in [3.05, 3.63) is 35.4 Å². The Morgan fingerprint density at radius 3 is 2.62 bits per heavy atom. The van der Waals surface area contributed by atoms with E-state index in [-0.39, 0.29) is 0 Å². The molecule has 0 unspecified atom stereocenters. The monoisotopic (exact) mass is 268 g/mol. The van der Waals surface area contributed by atoms with Gasteiger partial charge in [0.15, 0.2) is 8.68 Å². The third-order valence-corrected chi connectivity index (χ3v) is 5.26. The van der Waals surface area contributed by atoms with Gasteiger partial charge < -0.3 is 0 Å². The number of aryl methyl sites for hydroxylation is 1. The van der Waals surface area contributed by atoms with Gasteiger partial charge in [0.25, 0.3) is 0 Å². The Labute approximate surface area is 108 Å². The van der Waals surface area contributed by atoms with Crippen LogP contribution in [-0.2, 0) is 5.75 Å². The lowest BCUT2D eigenvalue weighted by Crippen LogP contribution is -1.84. The molecule has 0 saturated heterocycles. The molecule has 2 nitrogen and oxygen atoms in total. The van der Waals surface area contributed by atoms with E-state index < -0.39 is 0 Å². The summed E-state index contributed by atoms with van der Waals surface area (Å²) in [5.74, 6) is 0.968. The van der Waals surface area contributed by atoms with E-state index in [0.717, 1.165) is 14.4 Å². The molecule has 2 aromatic rings. The molecule has 0 bridgehead atoms. The molecule has 0 N–H and O–H groups in total. The number of hydrogen-bond acceptors (Lipinski definition) is 5. The third kappa shape index (κ3) is 2.99. The van der Waals surface area contributed by atoms with Gasteiger partial charge >= 0.3 is 0 Å². The highest BCUT2D eigenvalue weighted by Gasteiger charge is 2.04. The van der Waals surface area contributed by atoms with E-state index in [9.17, 15) is 0 Å². The van der Waals surface area contributed by atoms with E-state index in [4.69, 9.17) is 0 Å². The minimum absolute atomic E-state index is 0.968. The lowest BCUT2D eigenvalue weighted by atomic mass is 10.1. The van der Waals surface area contributed by atoms with E-state index in [0.29, 0.717) is 0 Å². The summed E-state index contributed by atoms with van der Waals surface area (Å²) in [6.07, 6.45) is 2.02. The van der Waals surface area contributed by atoms with Crippen LogP contribution in [0.15, 0.2) is 32.9 Å². The van der Waals surface area contributed by atoms with Gasteiger partial charge in [0.05, 0.1) is 0 Å². The normalized spacial score (nSPS) is 10.6. The van der Waals surface area contributed by atoms with Crippen LogP contribution in [0.4, 0.5) is 0 Å². The molecule has 2 rings (SSSR count). The predicted octanol–water partition coefficient (Wildman–Crippen LogP) is 3.86. The summed E-state index contributed by atoms with van der Waals surface area (Å²) in [5, 5.41) is 8.22. The van der Waals surface area contributed by atoms with Gasteiger partial charge in [0, 0.05) is 5.75 Å². The standard InChI is InChI=1S/C11H12N2S3/c1-8-5-3-4-6-9(8)7-15-11-13-12-10(14-2)16-11/h3-6H,7H2,1-2H3. The summed E-state index contributed by atoms with van der Waals surface area (Å²) < 4.78 is 2.08. The molecule has 0 atom stereocenters. The van der Waals surface area contributed by atoms with Crippen LogP contribution in [0.1, 0.15) is 11.1 Å². The summed E-state index contributed by atoms with van der Waals surface area (Å²) >= 11 is 5.06.